The molecule has 0 atom stereocenters. The maximum atomic E-state index is 10.7. The Balaban J connectivity index is 2.44. The first-order valence-electron chi connectivity index (χ1n) is 5.33. The Morgan fingerprint density at radius 2 is 2.06 bits per heavy atom. The normalized spacial score (nSPS) is 9.67. The van der Waals surface area contributed by atoms with Crippen molar-refractivity contribution in [2.45, 2.75) is 6.92 Å². The summed E-state index contributed by atoms with van der Waals surface area (Å²) in [7, 11) is 1.54. The molecule has 0 saturated heterocycles. The van der Waals surface area contributed by atoms with Gasteiger partial charge in [-0.05, 0) is 24.6 Å². The fourth-order valence-corrected chi connectivity index (χ4v) is 1.30. The lowest BCUT2D eigenvalue weighted by Crippen LogP contribution is -2.33. The van der Waals surface area contributed by atoms with Gasteiger partial charge in [-0.15, -0.1) is 0 Å². The van der Waals surface area contributed by atoms with Crippen molar-refractivity contribution in [3.8, 4) is 11.5 Å². The van der Waals surface area contributed by atoms with Crippen LogP contribution in [0, 0.1) is 6.92 Å². The molecular weight excluding hydrogens is 238 g/mol. The fourth-order valence-electron chi connectivity index (χ4n) is 1.30. The van der Waals surface area contributed by atoms with Crippen LogP contribution in [-0.2, 0) is 9.59 Å². The maximum absolute atomic E-state index is 10.7. The number of hydrogen-bond donors (Lipinski definition) is 2. The Hall–Kier alpha value is -2.24. The average molecular weight is 253 g/mol. The van der Waals surface area contributed by atoms with Crippen LogP contribution < -0.4 is 14.8 Å². The van der Waals surface area contributed by atoms with Crippen LogP contribution in [0.2, 0.25) is 0 Å². The maximum Gasteiger partial charge on any atom is 0.394 e. The van der Waals surface area contributed by atoms with Gasteiger partial charge in [0.05, 0.1) is 13.7 Å². The number of nitrogens with one attached hydrogen (secondary N) is 1. The van der Waals surface area contributed by atoms with E-state index in [0.717, 1.165) is 5.56 Å². The predicted molar refractivity (Wildman–Crippen MR) is 63.9 cm³/mol. The van der Waals surface area contributed by atoms with Gasteiger partial charge < -0.3 is 19.9 Å². The molecule has 0 aliphatic heterocycles. The Morgan fingerprint density at radius 3 is 2.67 bits per heavy atom. The van der Waals surface area contributed by atoms with Gasteiger partial charge in [-0.3, -0.25) is 4.79 Å². The number of hydrogen-bond acceptors (Lipinski definition) is 4. The monoisotopic (exact) mass is 253 g/mol. The quantitative estimate of drug-likeness (QED) is 0.592. The van der Waals surface area contributed by atoms with E-state index in [0.29, 0.717) is 11.5 Å². The number of ether oxygens (including phenoxy) is 2. The van der Waals surface area contributed by atoms with Gasteiger partial charge in [-0.25, -0.2) is 4.79 Å². The minimum atomic E-state index is -1.51. The van der Waals surface area contributed by atoms with Crippen LogP contribution >= 0.6 is 0 Å². The summed E-state index contributed by atoms with van der Waals surface area (Å²) in [5.74, 6) is -1.41. The van der Waals surface area contributed by atoms with Gasteiger partial charge in [-0.1, -0.05) is 6.07 Å². The number of carboxylic acids is 1. The summed E-state index contributed by atoms with van der Waals surface area (Å²) in [5, 5.41) is 10.5. The van der Waals surface area contributed by atoms with E-state index in [1.165, 1.54) is 7.11 Å². The molecule has 18 heavy (non-hydrogen) atoms. The Kier molecular flexibility index (Phi) is 4.98. The van der Waals surface area contributed by atoms with E-state index in [9.17, 15) is 9.59 Å². The molecule has 0 saturated carbocycles. The Morgan fingerprint density at radius 1 is 1.33 bits per heavy atom. The summed E-state index contributed by atoms with van der Waals surface area (Å²) in [4.78, 5) is 21.0. The molecule has 98 valence electrons. The number of methoxy groups -OCH3 is 1. The second kappa shape index (κ2) is 6.48. The molecule has 1 aromatic rings. The molecule has 6 heteroatoms. The molecule has 0 fully saturated rings. The third-order valence-corrected chi connectivity index (χ3v) is 2.16. The van der Waals surface area contributed by atoms with Crippen molar-refractivity contribution in [2.75, 3.05) is 20.3 Å². The van der Waals surface area contributed by atoms with Gasteiger partial charge in [0, 0.05) is 0 Å². The number of rotatable bonds is 5. The number of carbonyl (C=O) groups is 2. The zero-order valence-corrected chi connectivity index (χ0v) is 10.2. The van der Waals surface area contributed by atoms with E-state index in [4.69, 9.17) is 14.6 Å². The summed E-state index contributed by atoms with van der Waals surface area (Å²) in [6.45, 7) is 2.21. The largest absolute Gasteiger partial charge is 0.493 e. The molecule has 1 amide bonds. The van der Waals surface area contributed by atoms with E-state index in [-0.39, 0.29) is 13.2 Å². The molecule has 0 unspecified atom stereocenters. The van der Waals surface area contributed by atoms with Gasteiger partial charge in [0.25, 0.3) is 0 Å². The fraction of sp³-hybridized carbons (Fsp3) is 0.333. The highest BCUT2D eigenvalue weighted by molar-refractivity contribution is 6.31. The molecule has 0 radical (unpaired) electrons. The van der Waals surface area contributed by atoms with Gasteiger partial charge in [0.1, 0.15) is 6.61 Å². The predicted octanol–water partition coefficient (Wildman–Crippen LogP) is 0.583. The molecule has 0 aliphatic rings. The molecule has 6 nitrogen and oxygen atoms in total. The number of carboxylic acid groups (broad SMARTS) is 1. The number of aliphatic carboxylic acids is 1. The van der Waals surface area contributed by atoms with E-state index >= 15 is 0 Å². The van der Waals surface area contributed by atoms with Gasteiger partial charge >= 0.3 is 11.9 Å². The van der Waals surface area contributed by atoms with E-state index < -0.39 is 11.9 Å². The summed E-state index contributed by atoms with van der Waals surface area (Å²) in [5.41, 5.74) is 1.04. The summed E-state index contributed by atoms with van der Waals surface area (Å²) in [6.07, 6.45) is 0. The van der Waals surface area contributed by atoms with E-state index in [1.807, 2.05) is 19.1 Å². The molecule has 0 spiro atoms. The van der Waals surface area contributed by atoms with E-state index in [1.54, 1.807) is 6.07 Å². The zero-order valence-electron chi connectivity index (χ0n) is 10.2. The topological polar surface area (TPSA) is 84.9 Å². The first-order chi connectivity index (χ1) is 8.54. The first kappa shape index (κ1) is 13.8. The summed E-state index contributed by atoms with van der Waals surface area (Å²) in [6, 6.07) is 5.45. The van der Waals surface area contributed by atoms with Gasteiger partial charge in [0.2, 0.25) is 0 Å². The third kappa shape index (κ3) is 3.97. The second-order valence-electron chi connectivity index (χ2n) is 3.56. The van der Waals surface area contributed by atoms with Crippen molar-refractivity contribution in [1.82, 2.24) is 5.32 Å². The molecule has 0 bridgehead atoms. The van der Waals surface area contributed by atoms with Crippen molar-refractivity contribution in [3.63, 3.8) is 0 Å². The van der Waals surface area contributed by atoms with Crippen LogP contribution in [0.3, 0.4) is 0 Å². The SMILES string of the molecule is COc1cc(C)ccc1OCCNC(=O)C(=O)O. The number of benzene rings is 1. The highest BCUT2D eigenvalue weighted by Crippen LogP contribution is 2.27. The van der Waals surface area contributed by atoms with Crippen LogP contribution in [-0.4, -0.2) is 37.2 Å². The lowest BCUT2D eigenvalue weighted by Gasteiger charge is -2.11. The number of carbonyl (C=O) groups excluding carboxylic acids is 1. The minimum absolute atomic E-state index is 0.113. The highest BCUT2D eigenvalue weighted by Gasteiger charge is 2.09. The van der Waals surface area contributed by atoms with Gasteiger partial charge in [-0.2, -0.15) is 0 Å². The molecular formula is C12H15NO5. The standard InChI is InChI=1S/C12H15NO5/c1-8-3-4-9(10(7-8)17-2)18-6-5-13-11(14)12(15)16/h3-4,7H,5-6H2,1-2H3,(H,13,14)(H,15,16). The molecule has 0 aromatic heterocycles. The lowest BCUT2D eigenvalue weighted by molar-refractivity contribution is -0.150. The minimum Gasteiger partial charge on any atom is -0.493 e. The van der Waals surface area contributed by atoms with Gasteiger partial charge in [0.15, 0.2) is 11.5 Å². The number of aryl methyl sites for hydroxylation is 1. The van der Waals surface area contributed by atoms with Crippen LogP contribution in [0.5, 0.6) is 11.5 Å². The van der Waals surface area contributed by atoms with Crippen molar-refractivity contribution in [1.29, 1.82) is 0 Å². The van der Waals surface area contributed by atoms with Crippen molar-refractivity contribution in [2.24, 2.45) is 0 Å². The molecule has 0 heterocycles. The molecule has 1 rings (SSSR count). The molecule has 1 aromatic carbocycles. The van der Waals surface area contributed by atoms with Crippen LogP contribution in [0.1, 0.15) is 5.56 Å². The van der Waals surface area contributed by atoms with Crippen LogP contribution in [0.15, 0.2) is 18.2 Å². The van der Waals surface area contributed by atoms with Crippen LogP contribution in [0.4, 0.5) is 0 Å². The third-order valence-electron chi connectivity index (χ3n) is 2.16. The Labute approximate surface area is 105 Å². The lowest BCUT2D eigenvalue weighted by atomic mass is 10.2. The average Bonchev–Trinajstić information content (AvgIpc) is 2.35. The number of amides is 1. The van der Waals surface area contributed by atoms with Crippen molar-refractivity contribution in [3.05, 3.63) is 23.8 Å². The summed E-state index contributed by atoms with van der Waals surface area (Å²) >= 11 is 0. The summed E-state index contributed by atoms with van der Waals surface area (Å²) < 4.78 is 10.5. The Bertz CT molecular complexity index is 444. The zero-order chi connectivity index (χ0) is 13.5. The van der Waals surface area contributed by atoms with Crippen molar-refractivity contribution >= 4 is 11.9 Å². The highest BCUT2D eigenvalue weighted by atomic mass is 16.5. The molecule has 0 aliphatic carbocycles. The smallest absolute Gasteiger partial charge is 0.394 e. The second-order valence-corrected chi connectivity index (χ2v) is 3.56. The molecule has 2 N–H and O–H groups in total. The van der Waals surface area contributed by atoms with Crippen LogP contribution in [0.25, 0.3) is 0 Å². The first-order valence-corrected chi connectivity index (χ1v) is 5.33. The van der Waals surface area contributed by atoms with Crippen molar-refractivity contribution < 1.29 is 24.2 Å². The van der Waals surface area contributed by atoms with E-state index in [2.05, 4.69) is 5.32 Å².